The highest BCUT2D eigenvalue weighted by atomic mass is 79.9. The van der Waals surface area contributed by atoms with Gasteiger partial charge in [-0.3, -0.25) is 0 Å². The quantitative estimate of drug-likeness (QED) is 0.793. The molecule has 0 unspecified atom stereocenters. The van der Waals surface area contributed by atoms with Crippen molar-refractivity contribution in [2.45, 2.75) is 9.79 Å². The highest BCUT2D eigenvalue weighted by molar-refractivity contribution is 9.10. The lowest BCUT2D eigenvalue weighted by Gasteiger charge is -2.05. The summed E-state index contributed by atoms with van der Waals surface area (Å²) in [5, 5.41) is 0. The average molecular weight is 376 g/mol. The zero-order valence-electron chi connectivity index (χ0n) is 8.60. The first kappa shape index (κ1) is 12.8. The first-order valence-electron chi connectivity index (χ1n) is 4.76. The second-order valence-corrected chi connectivity index (χ2v) is 7.20. The van der Waals surface area contributed by atoms with E-state index in [4.69, 9.17) is 0 Å². The maximum absolute atomic E-state index is 12.3. The number of benzene rings is 2. The molecule has 0 aliphatic carbocycles. The third-order valence-corrected chi connectivity index (χ3v) is 5.02. The number of sulfone groups is 1. The summed E-state index contributed by atoms with van der Waals surface area (Å²) in [6.07, 6.45) is 0. The summed E-state index contributed by atoms with van der Waals surface area (Å²) in [5.41, 5.74) is 0. The van der Waals surface area contributed by atoms with Crippen LogP contribution in [0.3, 0.4) is 0 Å². The van der Waals surface area contributed by atoms with E-state index in [9.17, 15) is 8.42 Å². The van der Waals surface area contributed by atoms with Crippen LogP contribution in [0.25, 0.3) is 0 Å². The molecule has 0 aliphatic rings. The molecule has 0 saturated heterocycles. The van der Waals surface area contributed by atoms with Gasteiger partial charge in [-0.2, -0.15) is 0 Å². The van der Waals surface area contributed by atoms with Crippen LogP contribution in [0.1, 0.15) is 0 Å². The molecule has 0 bridgehead atoms. The molecule has 0 aliphatic heterocycles. The van der Waals surface area contributed by atoms with Gasteiger partial charge in [0.15, 0.2) is 0 Å². The van der Waals surface area contributed by atoms with Gasteiger partial charge in [-0.25, -0.2) is 8.42 Å². The molecule has 5 heteroatoms. The topological polar surface area (TPSA) is 34.1 Å². The number of hydrogen-bond donors (Lipinski definition) is 0. The average Bonchev–Trinajstić information content (AvgIpc) is 2.29. The zero-order valence-corrected chi connectivity index (χ0v) is 12.6. The molecule has 0 radical (unpaired) electrons. The van der Waals surface area contributed by atoms with Gasteiger partial charge >= 0.3 is 0 Å². The third kappa shape index (κ3) is 2.78. The Hall–Kier alpha value is -0.650. The Bertz CT molecular complexity index is 634. The summed E-state index contributed by atoms with van der Waals surface area (Å²) in [5.74, 6) is 0. The maximum Gasteiger partial charge on any atom is 0.206 e. The molecular formula is C12H8Br2O2S. The molecule has 88 valence electrons. The second-order valence-electron chi connectivity index (χ2n) is 3.41. The van der Waals surface area contributed by atoms with Gasteiger partial charge in [0.25, 0.3) is 0 Å². The van der Waals surface area contributed by atoms with Gasteiger partial charge in [-0.05, 0) is 42.5 Å². The van der Waals surface area contributed by atoms with Gasteiger partial charge in [0.2, 0.25) is 9.84 Å². The molecule has 2 aromatic carbocycles. The summed E-state index contributed by atoms with van der Waals surface area (Å²) in [6.45, 7) is 0. The number of hydrogen-bond acceptors (Lipinski definition) is 2. The second kappa shape index (κ2) is 4.92. The van der Waals surface area contributed by atoms with Crippen molar-refractivity contribution in [1.82, 2.24) is 0 Å². The SMILES string of the molecule is O=S(=O)(c1ccc(Br)cc1)c1cccc(Br)c1. The molecule has 17 heavy (non-hydrogen) atoms. The van der Waals surface area contributed by atoms with E-state index in [-0.39, 0.29) is 4.90 Å². The fourth-order valence-electron chi connectivity index (χ4n) is 1.38. The van der Waals surface area contributed by atoms with E-state index in [0.717, 1.165) is 8.95 Å². The van der Waals surface area contributed by atoms with E-state index in [2.05, 4.69) is 31.9 Å². The molecule has 2 aromatic rings. The Balaban J connectivity index is 2.54. The Morgan fingerprint density at radius 1 is 0.765 bits per heavy atom. The van der Waals surface area contributed by atoms with Crippen molar-refractivity contribution in [2.24, 2.45) is 0 Å². The summed E-state index contributed by atoms with van der Waals surface area (Å²) in [7, 11) is -3.43. The van der Waals surface area contributed by atoms with E-state index >= 15 is 0 Å². The molecule has 0 aromatic heterocycles. The highest BCUT2D eigenvalue weighted by Gasteiger charge is 2.17. The largest absolute Gasteiger partial charge is 0.219 e. The monoisotopic (exact) mass is 374 g/mol. The first-order chi connectivity index (χ1) is 8.00. The maximum atomic E-state index is 12.3. The fourth-order valence-corrected chi connectivity index (χ4v) is 3.51. The van der Waals surface area contributed by atoms with Crippen molar-refractivity contribution in [3.05, 3.63) is 57.5 Å². The van der Waals surface area contributed by atoms with Crippen LogP contribution in [0, 0.1) is 0 Å². The van der Waals surface area contributed by atoms with Crippen molar-refractivity contribution in [3.63, 3.8) is 0 Å². The molecule has 0 spiro atoms. The van der Waals surface area contributed by atoms with Gasteiger partial charge in [-0.15, -0.1) is 0 Å². The smallest absolute Gasteiger partial charge is 0.206 e. The Kier molecular flexibility index (Phi) is 3.70. The third-order valence-electron chi connectivity index (χ3n) is 2.23. The molecule has 0 N–H and O–H groups in total. The van der Waals surface area contributed by atoms with Crippen molar-refractivity contribution in [1.29, 1.82) is 0 Å². The summed E-state index contributed by atoms with van der Waals surface area (Å²) in [4.78, 5) is 0.577. The van der Waals surface area contributed by atoms with Crippen molar-refractivity contribution in [3.8, 4) is 0 Å². The summed E-state index contributed by atoms with van der Waals surface area (Å²) >= 11 is 6.54. The molecule has 0 amide bonds. The fraction of sp³-hybridized carbons (Fsp3) is 0. The highest BCUT2D eigenvalue weighted by Crippen LogP contribution is 2.24. The van der Waals surface area contributed by atoms with Gasteiger partial charge in [-0.1, -0.05) is 37.9 Å². The van der Waals surface area contributed by atoms with E-state index < -0.39 is 9.84 Å². The summed E-state index contributed by atoms with van der Waals surface area (Å²) in [6, 6.07) is 13.3. The van der Waals surface area contributed by atoms with Gasteiger partial charge in [0, 0.05) is 8.95 Å². The normalized spacial score (nSPS) is 11.4. The number of rotatable bonds is 2. The zero-order chi connectivity index (χ0) is 12.5. The molecule has 0 atom stereocenters. The van der Waals surface area contributed by atoms with Gasteiger partial charge in [0.1, 0.15) is 0 Å². The van der Waals surface area contributed by atoms with Crippen molar-refractivity contribution < 1.29 is 8.42 Å². The first-order valence-corrected chi connectivity index (χ1v) is 7.83. The lowest BCUT2D eigenvalue weighted by atomic mass is 10.4. The summed E-state index contributed by atoms with van der Waals surface area (Å²) < 4.78 is 26.1. The van der Waals surface area contributed by atoms with E-state index in [1.807, 2.05) is 0 Å². The van der Waals surface area contributed by atoms with E-state index in [1.165, 1.54) is 0 Å². The standard InChI is InChI=1S/C12H8Br2O2S/c13-9-4-6-11(7-5-9)17(15,16)12-3-1-2-10(14)8-12/h1-8H. The molecule has 0 saturated carbocycles. The van der Waals surface area contributed by atoms with E-state index in [1.54, 1.807) is 48.5 Å². The minimum atomic E-state index is -3.43. The minimum Gasteiger partial charge on any atom is -0.219 e. The Morgan fingerprint density at radius 3 is 2.00 bits per heavy atom. The molecular weight excluding hydrogens is 368 g/mol. The van der Waals surface area contributed by atoms with Gasteiger partial charge < -0.3 is 0 Å². The van der Waals surface area contributed by atoms with Gasteiger partial charge in [0.05, 0.1) is 9.79 Å². The molecule has 0 fully saturated rings. The Morgan fingerprint density at radius 2 is 1.41 bits per heavy atom. The predicted octanol–water partition coefficient (Wildman–Crippen LogP) is 4.04. The minimum absolute atomic E-state index is 0.286. The molecule has 2 nitrogen and oxygen atoms in total. The van der Waals surface area contributed by atoms with Crippen LogP contribution < -0.4 is 0 Å². The van der Waals surface area contributed by atoms with Crippen LogP contribution in [-0.4, -0.2) is 8.42 Å². The molecule has 0 heterocycles. The van der Waals surface area contributed by atoms with Crippen LogP contribution in [0.15, 0.2) is 67.3 Å². The van der Waals surface area contributed by atoms with Crippen LogP contribution in [0.2, 0.25) is 0 Å². The lowest BCUT2D eigenvalue weighted by Crippen LogP contribution is -2.01. The predicted molar refractivity (Wildman–Crippen MR) is 73.7 cm³/mol. The molecule has 2 rings (SSSR count). The van der Waals surface area contributed by atoms with Crippen LogP contribution >= 0.6 is 31.9 Å². The van der Waals surface area contributed by atoms with Crippen molar-refractivity contribution in [2.75, 3.05) is 0 Å². The van der Waals surface area contributed by atoms with Crippen LogP contribution in [0.4, 0.5) is 0 Å². The number of halogens is 2. The Labute approximate surface area is 117 Å². The van der Waals surface area contributed by atoms with Crippen LogP contribution in [0.5, 0.6) is 0 Å². The van der Waals surface area contributed by atoms with E-state index in [0.29, 0.717) is 4.90 Å². The lowest BCUT2D eigenvalue weighted by molar-refractivity contribution is 0.596. The van der Waals surface area contributed by atoms with Crippen molar-refractivity contribution >= 4 is 41.7 Å². The van der Waals surface area contributed by atoms with Crippen LogP contribution in [-0.2, 0) is 9.84 Å².